The van der Waals surface area contributed by atoms with Gasteiger partial charge in [-0.15, -0.1) is 0 Å². The van der Waals surface area contributed by atoms with E-state index in [1.807, 2.05) is 25.1 Å². The van der Waals surface area contributed by atoms with Crippen LogP contribution in [-0.4, -0.2) is 41.0 Å². The van der Waals surface area contributed by atoms with Crippen LogP contribution >= 0.6 is 0 Å². The van der Waals surface area contributed by atoms with E-state index in [4.69, 9.17) is 4.98 Å². The Balaban J connectivity index is 1.38. The van der Waals surface area contributed by atoms with E-state index in [1.54, 1.807) is 42.9 Å². The lowest BCUT2D eigenvalue weighted by Crippen LogP contribution is -2.11. The number of unbranched alkanes of at least 4 members (excludes halogenated alkanes) is 1. The summed E-state index contributed by atoms with van der Waals surface area (Å²) >= 11 is 0. The maximum Gasteiger partial charge on any atom is 0.224 e. The Bertz CT molecular complexity index is 1790. The van der Waals surface area contributed by atoms with Crippen LogP contribution in [0.2, 0.25) is 0 Å². The number of aromatic nitrogens is 7. The molecule has 38 heavy (non-hydrogen) atoms. The van der Waals surface area contributed by atoms with Crippen molar-refractivity contribution in [1.29, 1.82) is 0 Å². The maximum atomic E-state index is 14.5. The number of hydrogen-bond acceptors (Lipinski definition) is 6. The molecule has 0 spiro atoms. The van der Waals surface area contributed by atoms with Gasteiger partial charge >= 0.3 is 0 Å². The van der Waals surface area contributed by atoms with E-state index in [0.717, 1.165) is 23.9 Å². The molecular formula is C28H23FN8O. The average Bonchev–Trinajstić information content (AvgIpc) is 3.56. The predicted molar refractivity (Wildman–Crippen MR) is 144 cm³/mol. The number of aromatic amines is 2. The number of anilines is 1. The Morgan fingerprint density at radius 1 is 1.05 bits per heavy atom. The largest absolute Gasteiger partial charge is 0.335 e. The number of carbonyl (C=O) groups excluding carboxylic acids is 1. The van der Waals surface area contributed by atoms with Crippen molar-refractivity contribution in [2.45, 2.75) is 26.2 Å². The first-order valence-corrected chi connectivity index (χ1v) is 12.3. The highest BCUT2D eigenvalue weighted by molar-refractivity contribution is 5.95. The molecule has 188 valence electrons. The van der Waals surface area contributed by atoms with Gasteiger partial charge in [-0.25, -0.2) is 19.3 Å². The van der Waals surface area contributed by atoms with E-state index in [1.165, 1.54) is 6.07 Å². The van der Waals surface area contributed by atoms with Crippen molar-refractivity contribution in [3.8, 4) is 33.9 Å². The normalized spacial score (nSPS) is 11.3. The van der Waals surface area contributed by atoms with Gasteiger partial charge in [0.25, 0.3) is 0 Å². The molecule has 0 radical (unpaired) electrons. The molecule has 0 aliphatic heterocycles. The molecule has 5 heterocycles. The number of pyridine rings is 3. The van der Waals surface area contributed by atoms with E-state index in [9.17, 15) is 9.18 Å². The van der Waals surface area contributed by atoms with Crippen LogP contribution in [0.1, 0.15) is 26.2 Å². The summed E-state index contributed by atoms with van der Waals surface area (Å²) in [7, 11) is 0. The summed E-state index contributed by atoms with van der Waals surface area (Å²) < 4.78 is 14.5. The number of H-pyrrole nitrogens is 2. The molecule has 6 aromatic rings. The molecule has 0 bridgehead atoms. The van der Waals surface area contributed by atoms with Crippen molar-refractivity contribution in [3.63, 3.8) is 0 Å². The SMILES string of the molecule is CCCCC(=O)Nc1cncc(-c2ccc3[nH]nc(-c4nc5nccc(-c6ccccc6F)c5[nH]4)c3n2)c1. The number of imidazole rings is 1. The smallest absolute Gasteiger partial charge is 0.224 e. The molecule has 10 heteroatoms. The summed E-state index contributed by atoms with van der Waals surface area (Å²) in [6.45, 7) is 2.05. The Morgan fingerprint density at radius 2 is 1.95 bits per heavy atom. The van der Waals surface area contributed by atoms with Gasteiger partial charge in [0.1, 0.15) is 11.3 Å². The first kappa shape index (κ1) is 23.4. The quantitative estimate of drug-likeness (QED) is 0.248. The fourth-order valence-corrected chi connectivity index (χ4v) is 4.36. The molecule has 0 saturated heterocycles. The Kier molecular flexibility index (Phi) is 6.04. The lowest BCUT2D eigenvalue weighted by Gasteiger charge is -2.07. The van der Waals surface area contributed by atoms with Crippen molar-refractivity contribution in [1.82, 2.24) is 35.1 Å². The summed E-state index contributed by atoms with van der Waals surface area (Å²) in [6, 6.07) is 13.9. The minimum Gasteiger partial charge on any atom is -0.335 e. The van der Waals surface area contributed by atoms with Crippen molar-refractivity contribution in [2.24, 2.45) is 0 Å². The zero-order valence-electron chi connectivity index (χ0n) is 20.5. The third kappa shape index (κ3) is 4.36. The van der Waals surface area contributed by atoms with Gasteiger partial charge in [0, 0.05) is 35.5 Å². The van der Waals surface area contributed by atoms with Crippen molar-refractivity contribution >= 4 is 33.8 Å². The fraction of sp³-hybridized carbons (Fsp3) is 0.143. The second kappa shape index (κ2) is 9.81. The maximum absolute atomic E-state index is 14.5. The molecule has 0 unspecified atom stereocenters. The standard InChI is InChI=1S/C28H23FN8O/c1-2-3-8-23(38)32-17-13-16(14-30-15-17)21-9-10-22-25(33-21)26(37-36-22)28-34-24-19(11-12-31-27(24)35-28)18-6-4-5-7-20(18)29/h4-7,9-15H,2-3,8H2,1H3,(H,32,38)(H,36,37)(H,31,34,35). The first-order valence-electron chi connectivity index (χ1n) is 12.3. The number of halogens is 1. The van der Waals surface area contributed by atoms with E-state index >= 15 is 0 Å². The molecule has 0 aliphatic carbocycles. The number of nitrogens with zero attached hydrogens (tertiary/aromatic N) is 5. The van der Waals surface area contributed by atoms with Gasteiger partial charge in [-0.2, -0.15) is 5.10 Å². The van der Waals surface area contributed by atoms with E-state index in [0.29, 0.717) is 57.1 Å². The zero-order valence-corrected chi connectivity index (χ0v) is 20.5. The van der Waals surface area contributed by atoms with Gasteiger partial charge in [0.15, 0.2) is 17.2 Å². The number of benzene rings is 1. The van der Waals surface area contributed by atoms with Crippen molar-refractivity contribution < 1.29 is 9.18 Å². The number of fused-ring (bicyclic) bond motifs is 2. The number of carbonyl (C=O) groups is 1. The van der Waals surface area contributed by atoms with E-state index in [2.05, 4.69) is 35.5 Å². The zero-order chi connectivity index (χ0) is 26.1. The third-order valence-corrected chi connectivity index (χ3v) is 6.26. The van der Waals surface area contributed by atoms with Crippen LogP contribution < -0.4 is 5.32 Å². The summed E-state index contributed by atoms with van der Waals surface area (Å²) in [5.74, 6) is 0.0897. The summed E-state index contributed by atoms with van der Waals surface area (Å²) in [6.07, 6.45) is 7.17. The van der Waals surface area contributed by atoms with E-state index < -0.39 is 0 Å². The van der Waals surface area contributed by atoms with Gasteiger partial charge in [-0.05, 0) is 36.8 Å². The Morgan fingerprint density at radius 3 is 2.82 bits per heavy atom. The Hall–Kier alpha value is -4.99. The van der Waals surface area contributed by atoms with Gasteiger partial charge in [-0.3, -0.25) is 14.9 Å². The van der Waals surface area contributed by atoms with Crippen molar-refractivity contribution in [3.05, 3.63) is 72.9 Å². The Labute approximate surface area is 216 Å². The van der Waals surface area contributed by atoms with Crippen LogP contribution in [0.25, 0.3) is 56.1 Å². The number of amides is 1. The second-order valence-electron chi connectivity index (χ2n) is 8.90. The first-order chi connectivity index (χ1) is 18.6. The highest BCUT2D eigenvalue weighted by Crippen LogP contribution is 2.32. The van der Waals surface area contributed by atoms with Crippen molar-refractivity contribution in [2.75, 3.05) is 5.32 Å². The second-order valence-corrected chi connectivity index (χ2v) is 8.90. The lowest BCUT2D eigenvalue weighted by atomic mass is 10.1. The summed E-state index contributed by atoms with van der Waals surface area (Å²) in [4.78, 5) is 33.5. The molecule has 0 aliphatic rings. The summed E-state index contributed by atoms with van der Waals surface area (Å²) in [5, 5.41) is 10.3. The van der Waals surface area contributed by atoms with Crippen LogP contribution in [-0.2, 0) is 4.79 Å². The van der Waals surface area contributed by atoms with Gasteiger partial charge in [0.2, 0.25) is 5.91 Å². The molecule has 0 saturated carbocycles. The minimum atomic E-state index is -0.329. The minimum absolute atomic E-state index is 0.0421. The molecule has 1 aromatic carbocycles. The van der Waals surface area contributed by atoms with Crippen LogP contribution in [0.4, 0.5) is 10.1 Å². The molecule has 0 atom stereocenters. The number of rotatable bonds is 7. The monoisotopic (exact) mass is 506 g/mol. The number of hydrogen-bond donors (Lipinski definition) is 3. The van der Waals surface area contributed by atoms with Crippen LogP contribution in [0, 0.1) is 5.82 Å². The highest BCUT2D eigenvalue weighted by Gasteiger charge is 2.18. The molecule has 5 aromatic heterocycles. The predicted octanol–water partition coefficient (Wildman–Crippen LogP) is 5.89. The molecule has 9 nitrogen and oxygen atoms in total. The van der Waals surface area contributed by atoms with Crippen LogP contribution in [0.3, 0.4) is 0 Å². The third-order valence-electron chi connectivity index (χ3n) is 6.26. The average molecular weight is 507 g/mol. The molecule has 0 fully saturated rings. The fourth-order valence-electron chi connectivity index (χ4n) is 4.36. The summed E-state index contributed by atoms with van der Waals surface area (Å²) in [5.41, 5.74) is 6.03. The molecule has 6 rings (SSSR count). The van der Waals surface area contributed by atoms with E-state index in [-0.39, 0.29) is 11.7 Å². The van der Waals surface area contributed by atoms with Crippen LogP contribution in [0.15, 0.2) is 67.1 Å². The van der Waals surface area contributed by atoms with Gasteiger partial charge < -0.3 is 10.3 Å². The highest BCUT2D eigenvalue weighted by atomic mass is 19.1. The van der Waals surface area contributed by atoms with Crippen LogP contribution in [0.5, 0.6) is 0 Å². The molecule has 1 amide bonds. The molecular weight excluding hydrogens is 483 g/mol. The lowest BCUT2D eigenvalue weighted by molar-refractivity contribution is -0.116. The van der Waals surface area contributed by atoms with Gasteiger partial charge in [-0.1, -0.05) is 31.5 Å². The topological polar surface area (TPSA) is 125 Å². The molecule has 3 N–H and O–H groups in total. The van der Waals surface area contributed by atoms with Gasteiger partial charge in [0.05, 0.1) is 28.6 Å². The number of nitrogens with one attached hydrogen (secondary N) is 3.